The Morgan fingerprint density at radius 2 is 1.82 bits per heavy atom. The summed E-state index contributed by atoms with van der Waals surface area (Å²) < 4.78 is 0.861. The van der Waals surface area contributed by atoms with Crippen molar-refractivity contribution >= 4 is 5.69 Å². The van der Waals surface area contributed by atoms with Gasteiger partial charge in [-0.2, -0.15) is 0 Å². The minimum Gasteiger partial charge on any atom is -0.336 e. The number of para-hydroxylation sites is 1. The molecule has 0 saturated carbocycles. The summed E-state index contributed by atoms with van der Waals surface area (Å²) >= 11 is 0. The van der Waals surface area contributed by atoms with Crippen LogP contribution in [0.2, 0.25) is 0 Å². The first kappa shape index (κ1) is 18.4. The number of anilines is 1. The van der Waals surface area contributed by atoms with E-state index in [1.807, 2.05) is 24.3 Å². The van der Waals surface area contributed by atoms with Crippen molar-refractivity contribution in [2.75, 3.05) is 39.5 Å². The average molecular weight is 309 g/mol. The summed E-state index contributed by atoms with van der Waals surface area (Å²) in [4.78, 5) is 12.8. The van der Waals surface area contributed by atoms with Crippen LogP contribution < -0.4 is 5.32 Å². The molecule has 0 spiro atoms. The molecule has 0 aliphatic rings. The summed E-state index contributed by atoms with van der Waals surface area (Å²) in [6.45, 7) is 8.44. The summed E-state index contributed by atoms with van der Waals surface area (Å²) in [5, 5.41) is 14.9. The molecule has 0 radical (unpaired) electrons. The van der Waals surface area contributed by atoms with E-state index in [4.69, 9.17) is 0 Å². The molecule has 0 aromatic heterocycles. The topological polar surface area (TPSA) is 58.4 Å². The van der Waals surface area contributed by atoms with E-state index >= 15 is 0 Å². The molecule has 6 nitrogen and oxygen atoms in total. The van der Waals surface area contributed by atoms with E-state index < -0.39 is 6.17 Å². The highest BCUT2D eigenvalue weighted by atomic mass is 16.6. The summed E-state index contributed by atoms with van der Waals surface area (Å²) in [7, 11) is 5.65. The maximum absolute atomic E-state index is 11.4. The van der Waals surface area contributed by atoms with Gasteiger partial charge in [-0.15, -0.1) is 0 Å². The van der Waals surface area contributed by atoms with Crippen LogP contribution in [-0.4, -0.2) is 54.7 Å². The highest BCUT2D eigenvalue weighted by Gasteiger charge is 2.30. The van der Waals surface area contributed by atoms with Crippen molar-refractivity contribution in [1.82, 2.24) is 4.90 Å². The van der Waals surface area contributed by atoms with Crippen LogP contribution in [0.4, 0.5) is 5.69 Å². The lowest BCUT2D eigenvalue weighted by atomic mass is 10.1. The fourth-order valence-electron chi connectivity index (χ4n) is 2.59. The van der Waals surface area contributed by atoms with Crippen LogP contribution in [0.3, 0.4) is 0 Å². The molecule has 0 fully saturated rings. The van der Waals surface area contributed by atoms with Crippen molar-refractivity contribution in [3.8, 4) is 0 Å². The van der Waals surface area contributed by atoms with Gasteiger partial charge in [0.15, 0.2) is 6.17 Å². The van der Waals surface area contributed by atoms with Crippen molar-refractivity contribution in [2.24, 2.45) is 0 Å². The van der Waals surface area contributed by atoms with Crippen LogP contribution in [-0.2, 0) is 0 Å². The minimum absolute atomic E-state index is 0.172. The van der Waals surface area contributed by atoms with Gasteiger partial charge in [-0.3, -0.25) is 10.1 Å². The Morgan fingerprint density at radius 1 is 1.27 bits per heavy atom. The van der Waals surface area contributed by atoms with Gasteiger partial charge in [0.25, 0.3) is 6.17 Å². The van der Waals surface area contributed by atoms with Gasteiger partial charge in [0.2, 0.25) is 0 Å². The molecule has 0 aliphatic carbocycles. The molecule has 0 bridgehead atoms. The smallest absolute Gasteiger partial charge is 0.295 e. The van der Waals surface area contributed by atoms with Crippen LogP contribution in [0.5, 0.6) is 0 Å². The first-order valence-corrected chi connectivity index (χ1v) is 7.76. The molecule has 124 valence electrons. The second kappa shape index (κ2) is 7.56. The molecule has 1 aromatic carbocycles. The van der Waals surface area contributed by atoms with Crippen LogP contribution in [0, 0.1) is 10.1 Å². The molecule has 1 aromatic rings. The summed E-state index contributed by atoms with van der Waals surface area (Å²) in [6.07, 6.45) is -0.677. The van der Waals surface area contributed by atoms with Crippen LogP contribution in [0.1, 0.15) is 32.5 Å². The van der Waals surface area contributed by atoms with E-state index in [1.54, 1.807) is 19.0 Å². The number of nitrogens with one attached hydrogen (secondary N) is 1. The fraction of sp³-hybridized carbons (Fsp3) is 0.625. The van der Waals surface area contributed by atoms with Crippen LogP contribution in [0.25, 0.3) is 0 Å². The lowest BCUT2D eigenvalue weighted by Crippen LogP contribution is -2.54. The third-order valence-corrected chi connectivity index (χ3v) is 4.67. The highest BCUT2D eigenvalue weighted by molar-refractivity contribution is 5.52. The zero-order chi connectivity index (χ0) is 16.9. The molecular formula is C16H29N4O2+. The van der Waals surface area contributed by atoms with E-state index in [0.29, 0.717) is 5.56 Å². The van der Waals surface area contributed by atoms with E-state index in [0.717, 1.165) is 23.3 Å². The Morgan fingerprint density at radius 3 is 2.27 bits per heavy atom. The lowest BCUT2D eigenvalue weighted by molar-refractivity contribution is -0.924. The standard InChI is InChI=1S/C16H29N4O2/c1-7-20(6,8-2)13(3)17-15-12-10-9-11-14(15)16(18(4)5)19(21)22/h9-13,16-17H,7-8H2,1-6H3/q+1. The molecule has 0 amide bonds. The zero-order valence-corrected chi connectivity index (χ0v) is 14.5. The Balaban J connectivity index is 3.14. The SMILES string of the molecule is CC[N+](C)(CC)C(C)Nc1ccccc1C(N(C)C)[N+](=O)[O-]. The molecule has 6 heteroatoms. The van der Waals surface area contributed by atoms with Gasteiger partial charge in [-0.1, -0.05) is 12.1 Å². The fourth-order valence-corrected chi connectivity index (χ4v) is 2.59. The molecule has 1 N–H and O–H groups in total. The minimum atomic E-state index is -0.849. The highest BCUT2D eigenvalue weighted by Crippen LogP contribution is 2.28. The van der Waals surface area contributed by atoms with Crippen LogP contribution in [0.15, 0.2) is 24.3 Å². The molecule has 2 unspecified atom stereocenters. The maximum Gasteiger partial charge on any atom is 0.295 e. The molecule has 1 rings (SSSR count). The molecule has 0 aliphatic heterocycles. The Kier molecular flexibility index (Phi) is 6.32. The third kappa shape index (κ3) is 3.96. The van der Waals surface area contributed by atoms with Gasteiger partial charge in [0.1, 0.15) is 0 Å². The molecular weight excluding hydrogens is 280 g/mol. The van der Waals surface area contributed by atoms with Gasteiger partial charge in [-0.25, -0.2) is 4.90 Å². The summed E-state index contributed by atoms with van der Waals surface area (Å²) in [5.74, 6) is 0. The zero-order valence-electron chi connectivity index (χ0n) is 14.5. The average Bonchev–Trinajstić information content (AvgIpc) is 2.47. The number of benzene rings is 1. The Hall–Kier alpha value is -1.66. The number of nitro groups is 1. The largest absolute Gasteiger partial charge is 0.336 e. The predicted molar refractivity (Wildman–Crippen MR) is 90.2 cm³/mol. The first-order valence-electron chi connectivity index (χ1n) is 7.76. The number of rotatable bonds is 8. The third-order valence-electron chi connectivity index (χ3n) is 4.67. The number of hydrogen-bond acceptors (Lipinski definition) is 4. The monoisotopic (exact) mass is 309 g/mol. The second-order valence-electron chi connectivity index (χ2n) is 6.14. The Labute approximate surface area is 133 Å². The van der Waals surface area contributed by atoms with Gasteiger partial charge < -0.3 is 9.80 Å². The molecule has 2 atom stereocenters. The number of quaternary nitrogens is 1. The van der Waals surface area contributed by atoms with Crippen molar-refractivity contribution in [1.29, 1.82) is 0 Å². The van der Waals surface area contributed by atoms with Gasteiger partial charge in [-0.05, 0) is 40.1 Å². The Bertz CT molecular complexity index is 501. The summed E-state index contributed by atoms with van der Waals surface area (Å²) in [6, 6.07) is 7.50. The van der Waals surface area contributed by atoms with Crippen molar-refractivity contribution in [3.05, 3.63) is 39.9 Å². The van der Waals surface area contributed by atoms with E-state index in [1.165, 1.54) is 0 Å². The molecule has 22 heavy (non-hydrogen) atoms. The number of nitrogens with zero attached hydrogens (tertiary/aromatic N) is 3. The summed E-state index contributed by atoms with van der Waals surface area (Å²) in [5.41, 5.74) is 1.53. The van der Waals surface area contributed by atoms with Gasteiger partial charge in [0.05, 0.1) is 31.4 Å². The van der Waals surface area contributed by atoms with Gasteiger partial charge in [0, 0.05) is 11.8 Å². The first-order chi connectivity index (χ1) is 10.3. The maximum atomic E-state index is 11.4. The molecule has 0 heterocycles. The van der Waals surface area contributed by atoms with E-state index in [-0.39, 0.29) is 11.1 Å². The van der Waals surface area contributed by atoms with E-state index in [2.05, 4.69) is 33.1 Å². The van der Waals surface area contributed by atoms with Crippen molar-refractivity contribution in [2.45, 2.75) is 33.1 Å². The predicted octanol–water partition coefficient (Wildman–Crippen LogP) is 2.77. The van der Waals surface area contributed by atoms with E-state index in [9.17, 15) is 10.1 Å². The van der Waals surface area contributed by atoms with Gasteiger partial charge >= 0.3 is 0 Å². The number of hydrogen-bond donors (Lipinski definition) is 1. The quantitative estimate of drug-likeness (QED) is 0.347. The lowest BCUT2D eigenvalue weighted by Gasteiger charge is -2.39. The van der Waals surface area contributed by atoms with Crippen molar-refractivity contribution in [3.63, 3.8) is 0 Å². The second-order valence-corrected chi connectivity index (χ2v) is 6.14. The van der Waals surface area contributed by atoms with Crippen molar-refractivity contribution < 1.29 is 9.41 Å². The molecule has 0 saturated heterocycles. The van der Waals surface area contributed by atoms with Crippen LogP contribution >= 0.6 is 0 Å². The normalized spacial score (nSPS) is 14.7.